The number of aromatic nitrogens is 1. The predicted molar refractivity (Wildman–Crippen MR) is 82.8 cm³/mol. The van der Waals surface area contributed by atoms with Gasteiger partial charge in [-0.05, 0) is 36.2 Å². The molecule has 0 aliphatic rings. The standard InChI is InChI=1S/C16H15ClN2O3/c1-2-16(15(21)22,12-3-5-13(17)6-4-12)19-14(20)11-7-9-18-10-8-11/h3-10H,2H2,1H3,(H,19,20)(H,21,22). The van der Waals surface area contributed by atoms with Gasteiger partial charge < -0.3 is 10.4 Å². The molecule has 22 heavy (non-hydrogen) atoms. The van der Waals surface area contributed by atoms with Gasteiger partial charge in [0.25, 0.3) is 5.91 Å². The van der Waals surface area contributed by atoms with Gasteiger partial charge in [0, 0.05) is 23.0 Å². The summed E-state index contributed by atoms with van der Waals surface area (Å²) in [4.78, 5) is 28.0. The van der Waals surface area contributed by atoms with E-state index < -0.39 is 17.4 Å². The van der Waals surface area contributed by atoms with E-state index >= 15 is 0 Å². The Morgan fingerprint density at radius 2 is 1.77 bits per heavy atom. The molecule has 1 aromatic heterocycles. The Balaban J connectivity index is 2.40. The number of rotatable bonds is 5. The van der Waals surface area contributed by atoms with E-state index in [1.54, 1.807) is 31.2 Å². The van der Waals surface area contributed by atoms with Crippen LogP contribution in [0.25, 0.3) is 0 Å². The second-order valence-corrected chi connectivity index (χ2v) is 5.20. The molecule has 0 bridgehead atoms. The molecule has 0 aliphatic heterocycles. The van der Waals surface area contributed by atoms with Crippen molar-refractivity contribution in [2.75, 3.05) is 0 Å². The van der Waals surface area contributed by atoms with Crippen molar-refractivity contribution in [3.05, 3.63) is 64.9 Å². The Morgan fingerprint density at radius 3 is 2.27 bits per heavy atom. The Labute approximate surface area is 133 Å². The highest BCUT2D eigenvalue weighted by Gasteiger charge is 2.40. The quantitative estimate of drug-likeness (QED) is 0.888. The third-order valence-electron chi connectivity index (χ3n) is 3.50. The van der Waals surface area contributed by atoms with Crippen LogP contribution in [0.3, 0.4) is 0 Å². The number of pyridine rings is 1. The van der Waals surface area contributed by atoms with Crippen molar-refractivity contribution in [3.63, 3.8) is 0 Å². The van der Waals surface area contributed by atoms with Crippen molar-refractivity contribution < 1.29 is 14.7 Å². The Bertz CT molecular complexity index is 674. The summed E-state index contributed by atoms with van der Waals surface area (Å²) < 4.78 is 0. The summed E-state index contributed by atoms with van der Waals surface area (Å²) in [7, 11) is 0. The molecule has 1 amide bonds. The van der Waals surface area contributed by atoms with E-state index in [4.69, 9.17) is 11.6 Å². The molecule has 6 heteroatoms. The van der Waals surface area contributed by atoms with E-state index in [0.717, 1.165) is 0 Å². The van der Waals surface area contributed by atoms with Crippen LogP contribution >= 0.6 is 11.6 Å². The second-order valence-electron chi connectivity index (χ2n) is 4.76. The lowest BCUT2D eigenvalue weighted by Gasteiger charge is -2.30. The third-order valence-corrected chi connectivity index (χ3v) is 3.75. The zero-order valence-corrected chi connectivity index (χ0v) is 12.7. The highest BCUT2D eigenvalue weighted by Crippen LogP contribution is 2.27. The monoisotopic (exact) mass is 318 g/mol. The number of carboxylic acids is 1. The summed E-state index contributed by atoms with van der Waals surface area (Å²) in [5.41, 5.74) is -0.692. The molecule has 0 saturated heterocycles. The van der Waals surface area contributed by atoms with Crippen LogP contribution in [0.4, 0.5) is 0 Å². The maximum absolute atomic E-state index is 12.3. The smallest absolute Gasteiger partial charge is 0.334 e. The number of nitrogens with zero attached hydrogens (tertiary/aromatic N) is 1. The van der Waals surface area contributed by atoms with Crippen LogP contribution in [0.5, 0.6) is 0 Å². The molecule has 1 atom stereocenters. The molecule has 0 radical (unpaired) electrons. The molecule has 1 unspecified atom stereocenters. The molecule has 5 nitrogen and oxygen atoms in total. The Morgan fingerprint density at radius 1 is 1.18 bits per heavy atom. The van der Waals surface area contributed by atoms with Crippen LogP contribution in [-0.4, -0.2) is 22.0 Å². The van der Waals surface area contributed by atoms with Gasteiger partial charge in [-0.2, -0.15) is 0 Å². The lowest BCUT2D eigenvalue weighted by molar-refractivity contribution is -0.145. The minimum Gasteiger partial charge on any atom is -0.479 e. The molecule has 0 fully saturated rings. The molecule has 114 valence electrons. The van der Waals surface area contributed by atoms with E-state index in [9.17, 15) is 14.7 Å². The van der Waals surface area contributed by atoms with Gasteiger partial charge in [-0.25, -0.2) is 4.79 Å². The molecule has 0 aliphatic carbocycles. The van der Waals surface area contributed by atoms with E-state index in [1.807, 2.05) is 0 Å². The SMILES string of the molecule is CCC(NC(=O)c1ccncc1)(C(=O)O)c1ccc(Cl)cc1. The Kier molecular flexibility index (Phi) is 4.78. The number of amides is 1. The van der Waals surface area contributed by atoms with Crippen LogP contribution in [0.15, 0.2) is 48.8 Å². The highest BCUT2D eigenvalue weighted by atomic mass is 35.5. The molecule has 1 heterocycles. The van der Waals surface area contributed by atoms with Crippen molar-refractivity contribution in [2.24, 2.45) is 0 Å². The van der Waals surface area contributed by atoms with Gasteiger partial charge in [-0.15, -0.1) is 0 Å². The molecular formula is C16H15ClN2O3. The predicted octanol–water partition coefficient (Wildman–Crippen LogP) is 2.85. The molecule has 2 N–H and O–H groups in total. The number of halogens is 1. The number of hydrogen-bond donors (Lipinski definition) is 2. The first-order valence-electron chi connectivity index (χ1n) is 6.71. The lowest BCUT2D eigenvalue weighted by Crippen LogP contribution is -2.51. The maximum atomic E-state index is 12.3. The van der Waals surface area contributed by atoms with Gasteiger partial charge in [0.05, 0.1) is 0 Å². The van der Waals surface area contributed by atoms with Crippen molar-refractivity contribution in [2.45, 2.75) is 18.9 Å². The second kappa shape index (κ2) is 6.58. The van der Waals surface area contributed by atoms with Crippen molar-refractivity contribution in [1.82, 2.24) is 10.3 Å². The molecular weight excluding hydrogens is 304 g/mol. The van der Waals surface area contributed by atoms with Crippen LogP contribution in [0, 0.1) is 0 Å². The first-order chi connectivity index (χ1) is 10.5. The maximum Gasteiger partial charge on any atom is 0.334 e. The average Bonchev–Trinajstić information content (AvgIpc) is 2.54. The van der Waals surface area contributed by atoms with Gasteiger partial charge in [-0.1, -0.05) is 30.7 Å². The summed E-state index contributed by atoms with van der Waals surface area (Å²) in [6.07, 6.45) is 3.15. The highest BCUT2D eigenvalue weighted by molar-refractivity contribution is 6.30. The first-order valence-corrected chi connectivity index (χ1v) is 7.09. The minimum atomic E-state index is -1.51. The zero-order valence-electron chi connectivity index (χ0n) is 11.9. The number of aliphatic carboxylic acids is 1. The number of hydrogen-bond acceptors (Lipinski definition) is 3. The fraction of sp³-hybridized carbons (Fsp3) is 0.188. The van der Waals surface area contributed by atoms with Gasteiger partial charge >= 0.3 is 5.97 Å². The zero-order chi connectivity index (χ0) is 16.2. The normalized spacial score (nSPS) is 13.2. The largest absolute Gasteiger partial charge is 0.479 e. The van der Waals surface area contributed by atoms with Gasteiger partial charge in [0.15, 0.2) is 5.54 Å². The number of carbonyl (C=O) groups is 2. The fourth-order valence-corrected chi connectivity index (χ4v) is 2.32. The first kappa shape index (κ1) is 16.0. The molecule has 0 saturated carbocycles. The number of carbonyl (C=O) groups excluding carboxylic acids is 1. The summed E-state index contributed by atoms with van der Waals surface area (Å²) in [5, 5.41) is 12.8. The Hall–Kier alpha value is -2.40. The third kappa shape index (κ3) is 3.09. The van der Waals surface area contributed by atoms with Crippen LogP contribution in [-0.2, 0) is 10.3 Å². The molecule has 0 spiro atoms. The summed E-state index contributed by atoms with van der Waals surface area (Å²) in [5.74, 6) is -1.60. The van der Waals surface area contributed by atoms with Crippen molar-refractivity contribution in [3.8, 4) is 0 Å². The number of benzene rings is 1. The van der Waals surface area contributed by atoms with Crippen LogP contribution in [0.1, 0.15) is 29.3 Å². The number of carboxylic acid groups (broad SMARTS) is 1. The van der Waals surface area contributed by atoms with Gasteiger partial charge in [-0.3, -0.25) is 9.78 Å². The molecule has 2 aromatic rings. The van der Waals surface area contributed by atoms with E-state index in [2.05, 4.69) is 10.3 Å². The molecule has 2 rings (SSSR count). The van der Waals surface area contributed by atoms with Crippen LogP contribution < -0.4 is 5.32 Å². The minimum absolute atomic E-state index is 0.195. The van der Waals surface area contributed by atoms with Crippen molar-refractivity contribution >= 4 is 23.5 Å². The van der Waals surface area contributed by atoms with Gasteiger partial charge in [0.2, 0.25) is 0 Å². The van der Waals surface area contributed by atoms with Crippen molar-refractivity contribution in [1.29, 1.82) is 0 Å². The van der Waals surface area contributed by atoms with E-state index in [-0.39, 0.29) is 6.42 Å². The summed E-state index contributed by atoms with van der Waals surface area (Å²) in [6, 6.07) is 9.46. The average molecular weight is 319 g/mol. The van der Waals surface area contributed by atoms with Crippen LogP contribution in [0.2, 0.25) is 5.02 Å². The van der Waals surface area contributed by atoms with E-state index in [1.165, 1.54) is 24.5 Å². The van der Waals surface area contributed by atoms with Gasteiger partial charge in [0.1, 0.15) is 0 Å². The fourth-order valence-electron chi connectivity index (χ4n) is 2.20. The number of nitrogens with one attached hydrogen (secondary N) is 1. The van der Waals surface area contributed by atoms with E-state index in [0.29, 0.717) is 16.1 Å². The topological polar surface area (TPSA) is 79.3 Å². The summed E-state index contributed by atoms with van der Waals surface area (Å²) >= 11 is 5.84. The lowest BCUT2D eigenvalue weighted by atomic mass is 9.87. The summed E-state index contributed by atoms with van der Waals surface area (Å²) in [6.45, 7) is 1.70. The molecule has 1 aromatic carbocycles.